The molecule has 1 amide bonds. The Labute approximate surface area is 168 Å². The van der Waals surface area contributed by atoms with Gasteiger partial charge in [-0.2, -0.15) is 0 Å². The number of aryl methyl sites for hydroxylation is 1. The first kappa shape index (κ1) is 21.6. The lowest BCUT2D eigenvalue weighted by Crippen LogP contribution is -2.29. The second kappa shape index (κ2) is 9.45. The third-order valence-corrected chi connectivity index (χ3v) is 6.02. The molecule has 0 aliphatic carbocycles. The van der Waals surface area contributed by atoms with Crippen LogP contribution in [-0.2, 0) is 21.3 Å². The van der Waals surface area contributed by atoms with Gasteiger partial charge in [0.1, 0.15) is 0 Å². The quantitative estimate of drug-likeness (QED) is 0.622. The summed E-state index contributed by atoms with van der Waals surface area (Å²) in [6, 6.07) is 12.3. The van der Waals surface area contributed by atoms with Gasteiger partial charge < -0.3 is 9.64 Å². The Morgan fingerprint density at radius 1 is 1.19 bits per heavy atom. The SMILES string of the molecule is COCCNS(=O)(=O)c1ccc(C)c(C(=O)N(C)Cc2ccc(Br)cc2)c1. The van der Waals surface area contributed by atoms with Gasteiger partial charge in [-0.25, -0.2) is 13.1 Å². The molecule has 0 saturated carbocycles. The number of benzene rings is 2. The second-order valence-electron chi connectivity index (χ2n) is 6.15. The maximum Gasteiger partial charge on any atom is 0.254 e. The van der Waals surface area contributed by atoms with E-state index in [0.717, 1.165) is 15.6 Å². The minimum absolute atomic E-state index is 0.0598. The predicted molar refractivity (Wildman–Crippen MR) is 108 cm³/mol. The Morgan fingerprint density at radius 2 is 1.85 bits per heavy atom. The van der Waals surface area contributed by atoms with E-state index in [1.165, 1.54) is 19.2 Å². The number of carbonyl (C=O) groups is 1. The lowest BCUT2D eigenvalue weighted by molar-refractivity contribution is 0.0784. The number of nitrogens with zero attached hydrogens (tertiary/aromatic N) is 1. The smallest absolute Gasteiger partial charge is 0.254 e. The maximum absolute atomic E-state index is 12.9. The first-order valence-corrected chi connectivity index (χ1v) is 10.6. The van der Waals surface area contributed by atoms with Crippen molar-refractivity contribution in [2.24, 2.45) is 0 Å². The molecule has 1 N–H and O–H groups in total. The van der Waals surface area contributed by atoms with Gasteiger partial charge in [-0.1, -0.05) is 34.1 Å². The van der Waals surface area contributed by atoms with Gasteiger partial charge in [-0.05, 0) is 42.3 Å². The number of sulfonamides is 1. The van der Waals surface area contributed by atoms with Crippen molar-refractivity contribution >= 4 is 31.9 Å². The zero-order valence-electron chi connectivity index (χ0n) is 15.5. The van der Waals surface area contributed by atoms with Crippen molar-refractivity contribution in [1.82, 2.24) is 9.62 Å². The molecule has 0 bridgehead atoms. The third-order valence-electron chi connectivity index (χ3n) is 4.03. The monoisotopic (exact) mass is 454 g/mol. The molecule has 0 aromatic heterocycles. The Morgan fingerprint density at radius 3 is 2.48 bits per heavy atom. The van der Waals surface area contributed by atoms with Crippen LogP contribution in [0.15, 0.2) is 51.8 Å². The van der Waals surface area contributed by atoms with Crippen LogP contribution in [0.25, 0.3) is 0 Å². The standard InChI is InChI=1S/C19H23BrN2O4S/c1-14-4-9-17(27(24,25)21-10-11-26-3)12-18(14)19(23)22(2)13-15-5-7-16(20)8-6-15/h4-9,12,21H,10-11,13H2,1-3H3. The maximum atomic E-state index is 12.9. The van der Waals surface area contributed by atoms with E-state index in [4.69, 9.17) is 4.74 Å². The molecular formula is C19H23BrN2O4S. The van der Waals surface area contributed by atoms with Crippen molar-refractivity contribution in [2.45, 2.75) is 18.4 Å². The molecule has 0 unspecified atom stereocenters. The summed E-state index contributed by atoms with van der Waals surface area (Å²) in [4.78, 5) is 14.5. The fraction of sp³-hybridized carbons (Fsp3) is 0.316. The largest absolute Gasteiger partial charge is 0.383 e. The molecule has 2 aromatic rings. The molecule has 0 atom stereocenters. The molecule has 8 heteroatoms. The summed E-state index contributed by atoms with van der Waals surface area (Å²) in [5, 5.41) is 0. The first-order valence-electron chi connectivity index (χ1n) is 8.34. The average molecular weight is 455 g/mol. The van der Waals surface area contributed by atoms with Crippen LogP contribution in [0.3, 0.4) is 0 Å². The van der Waals surface area contributed by atoms with Gasteiger partial charge in [-0.15, -0.1) is 0 Å². The number of amides is 1. The molecule has 2 rings (SSSR count). The highest BCUT2D eigenvalue weighted by Gasteiger charge is 2.20. The van der Waals surface area contributed by atoms with E-state index in [9.17, 15) is 13.2 Å². The van der Waals surface area contributed by atoms with Crippen LogP contribution < -0.4 is 4.72 Å². The van der Waals surface area contributed by atoms with E-state index in [1.54, 1.807) is 24.9 Å². The Kier molecular flexibility index (Phi) is 7.55. The van der Waals surface area contributed by atoms with Crippen molar-refractivity contribution in [3.63, 3.8) is 0 Å². The van der Waals surface area contributed by atoms with Gasteiger partial charge >= 0.3 is 0 Å². The van der Waals surface area contributed by atoms with E-state index in [-0.39, 0.29) is 24.0 Å². The Hall–Kier alpha value is -1.74. The molecule has 0 fully saturated rings. The van der Waals surface area contributed by atoms with Crippen molar-refractivity contribution < 1.29 is 17.9 Å². The van der Waals surface area contributed by atoms with Crippen LogP contribution in [0.1, 0.15) is 21.5 Å². The molecule has 0 aliphatic rings. The zero-order valence-corrected chi connectivity index (χ0v) is 17.9. The Balaban J connectivity index is 2.21. The van der Waals surface area contributed by atoms with Crippen LogP contribution >= 0.6 is 15.9 Å². The van der Waals surface area contributed by atoms with E-state index in [0.29, 0.717) is 12.1 Å². The molecule has 146 valence electrons. The average Bonchev–Trinajstić information content (AvgIpc) is 2.63. The van der Waals surface area contributed by atoms with Gasteiger partial charge in [0, 0.05) is 37.3 Å². The molecule has 0 saturated heterocycles. The number of carbonyl (C=O) groups excluding carboxylic acids is 1. The fourth-order valence-corrected chi connectivity index (χ4v) is 3.80. The second-order valence-corrected chi connectivity index (χ2v) is 8.84. The van der Waals surface area contributed by atoms with E-state index in [2.05, 4.69) is 20.7 Å². The number of hydrogen-bond donors (Lipinski definition) is 1. The van der Waals surface area contributed by atoms with Crippen molar-refractivity contribution in [3.05, 3.63) is 63.6 Å². The van der Waals surface area contributed by atoms with E-state index >= 15 is 0 Å². The Bertz CT molecular complexity index is 898. The molecule has 6 nitrogen and oxygen atoms in total. The highest BCUT2D eigenvalue weighted by atomic mass is 79.9. The van der Waals surface area contributed by atoms with Crippen LogP contribution in [-0.4, -0.2) is 46.5 Å². The van der Waals surface area contributed by atoms with Crippen molar-refractivity contribution in [1.29, 1.82) is 0 Å². The summed E-state index contributed by atoms with van der Waals surface area (Å²) in [5.41, 5.74) is 2.07. The van der Waals surface area contributed by atoms with Crippen LogP contribution in [0.4, 0.5) is 0 Å². The fourth-order valence-electron chi connectivity index (χ4n) is 2.50. The summed E-state index contributed by atoms with van der Waals surface area (Å²) in [6.07, 6.45) is 0. The van der Waals surface area contributed by atoms with Gasteiger partial charge in [0.2, 0.25) is 10.0 Å². The summed E-state index contributed by atoms with van der Waals surface area (Å²) in [6.45, 7) is 2.65. The number of methoxy groups -OCH3 is 1. The van der Waals surface area contributed by atoms with Crippen LogP contribution in [0.5, 0.6) is 0 Å². The molecule has 0 radical (unpaired) electrons. The van der Waals surface area contributed by atoms with E-state index in [1.807, 2.05) is 24.3 Å². The highest BCUT2D eigenvalue weighted by Crippen LogP contribution is 2.19. The minimum atomic E-state index is -3.70. The lowest BCUT2D eigenvalue weighted by Gasteiger charge is -2.19. The number of hydrogen-bond acceptors (Lipinski definition) is 4. The van der Waals surface area contributed by atoms with Crippen LogP contribution in [0.2, 0.25) is 0 Å². The molecule has 27 heavy (non-hydrogen) atoms. The third kappa shape index (κ3) is 5.87. The normalized spacial score (nSPS) is 11.4. The van der Waals surface area contributed by atoms with Crippen LogP contribution in [0, 0.1) is 6.92 Å². The summed E-state index contributed by atoms with van der Waals surface area (Å²) >= 11 is 3.38. The molecule has 0 heterocycles. The summed E-state index contributed by atoms with van der Waals surface area (Å²) in [5.74, 6) is -0.232. The molecular weight excluding hydrogens is 432 g/mol. The van der Waals surface area contributed by atoms with Crippen molar-refractivity contribution in [3.8, 4) is 0 Å². The highest BCUT2D eigenvalue weighted by molar-refractivity contribution is 9.10. The van der Waals surface area contributed by atoms with Gasteiger partial charge in [0.25, 0.3) is 5.91 Å². The minimum Gasteiger partial charge on any atom is -0.383 e. The van der Waals surface area contributed by atoms with Gasteiger partial charge in [-0.3, -0.25) is 4.79 Å². The number of nitrogens with one attached hydrogen (secondary N) is 1. The van der Waals surface area contributed by atoms with Gasteiger partial charge in [0.15, 0.2) is 0 Å². The predicted octanol–water partition coefficient (Wildman–Crippen LogP) is 2.95. The summed E-state index contributed by atoms with van der Waals surface area (Å²) < 4.78 is 33.1. The molecule has 0 aliphatic heterocycles. The number of halogens is 1. The summed E-state index contributed by atoms with van der Waals surface area (Å²) in [7, 11) is -0.506. The van der Waals surface area contributed by atoms with E-state index < -0.39 is 10.0 Å². The molecule has 2 aromatic carbocycles. The molecule has 0 spiro atoms. The topological polar surface area (TPSA) is 75.7 Å². The zero-order chi connectivity index (χ0) is 20.0. The van der Waals surface area contributed by atoms with Crippen molar-refractivity contribution in [2.75, 3.05) is 27.3 Å². The van der Waals surface area contributed by atoms with Gasteiger partial charge in [0.05, 0.1) is 11.5 Å². The first-order chi connectivity index (χ1) is 12.7. The number of rotatable bonds is 8. The lowest BCUT2D eigenvalue weighted by atomic mass is 10.1. The number of ether oxygens (including phenoxy) is 1.